The van der Waals surface area contributed by atoms with Crippen molar-refractivity contribution in [1.29, 1.82) is 0 Å². The van der Waals surface area contributed by atoms with Crippen molar-refractivity contribution in [2.45, 2.75) is 39.8 Å². The fourth-order valence-electron chi connectivity index (χ4n) is 2.94. The van der Waals surface area contributed by atoms with Gasteiger partial charge in [-0.15, -0.1) is 11.3 Å². The van der Waals surface area contributed by atoms with Gasteiger partial charge < -0.3 is 10.2 Å². The summed E-state index contributed by atoms with van der Waals surface area (Å²) in [4.78, 5) is 4.08. The lowest BCUT2D eigenvalue weighted by Gasteiger charge is -2.29. The van der Waals surface area contributed by atoms with Gasteiger partial charge in [-0.1, -0.05) is 13.0 Å². The molecular weight excluding hydrogens is 276 g/mol. The van der Waals surface area contributed by atoms with Crippen molar-refractivity contribution >= 4 is 17.0 Å². The number of hydrogen-bond donors (Lipinski definition) is 1. The largest absolute Gasteiger partial charge is 0.367 e. The van der Waals surface area contributed by atoms with Gasteiger partial charge in [-0.3, -0.25) is 0 Å². The zero-order valence-electron chi connectivity index (χ0n) is 13.0. The van der Waals surface area contributed by atoms with Gasteiger partial charge >= 0.3 is 0 Å². The molecule has 0 amide bonds. The average Bonchev–Trinajstić information content (AvgIpc) is 2.96. The minimum Gasteiger partial charge on any atom is -0.367 e. The zero-order chi connectivity index (χ0) is 14.7. The third-order valence-electron chi connectivity index (χ3n) is 4.24. The molecule has 0 saturated heterocycles. The molecule has 2 aromatic rings. The first-order valence-corrected chi connectivity index (χ1v) is 8.76. The lowest BCUT2D eigenvalue weighted by atomic mass is 10.0. The van der Waals surface area contributed by atoms with E-state index in [1.165, 1.54) is 35.2 Å². The number of rotatable bonds is 5. The monoisotopic (exact) mass is 300 g/mol. The maximum absolute atomic E-state index is 3.49. The fraction of sp³-hybridized carbons (Fsp3) is 0.444. The topological polar surface area (TPSA) is 15.3 Å². The van der Waals surface area contributed by atoms with Crippen molar-refractivity contribution in [3.63, 3.8) is 0 Å². The van der Waals surface area contributed by atoms with E-state index in [2.05, 4.69) is 53.7 Å². The summed E-state index contributed by atoms with van der Waals surface area (Å²) in [5, 5.41) is 5.71. The van der Waals surface area contributed by atoms with Crippen LogP contribution in [0.5, 0.6) is 0 Å². The molecule has 3 heteroatoms. The van der Waals surface area contributed by atoms with Crippen LogP contribution in [-0.4, -0.2) is 13.1 Å². The molecule has 0 aliphatic carbocycles. The van der Waals surface area contributed by atoms with Crippen molar-refractivity contribution in [1.82, 2.24) is 5.32 Å². The van der Waals surface area contributed by atoms with E-state index in [4.69, 9.17) is 0 Å². The zero-order valence-corrected chi connectivity index (χ0v) is 13.8. The maximum atomic E-state index is 3.49. The van der Waals surface area contributed by atoms with E-state index in [0.717, 1.165) is 26.2 Å². The van der Waals surface area contributed by atoms with Crippen LogP contribution in [0.3, 0.4) is 0 Å². The van der Waals surface area contributed by atoms with Crippen LogP contribution in [0.1, 0.15) is 34.9 Å². The molecule has 2 heterocycles. The number of benzene rings is 1. The molecule has 1 aliphatic heterocycles. The second-order valence-electron chi connectivity index (χ2n) is 5.83. The number of fused-ring (bicyclic) bond motifs is 1. The first kappa shape index (κ1) is 14.6. The smallest absolute Gasteiger partial charge is 0.0440 e. The van der Waals surface area contributed by atoms with Crippen molar-refractivity contribution in [2.24, 2.45) is 0 Å². The molecule has 112 valence electrons. The van der Waals surface area contributed by atoms with E-state index in [-0.39, 0.29) is 0 Å². The Balaban J connectivity index is 1.71. The second-order valence-corrected chi connectivity index (χ2v) is 6.83. The van der Waals surface area contributed by atoms with Crippen molar-refractivity contribution in [3.8, 4) is 0 Å². The summed E-state index contributed by atoms with van der Waals surface area (Å²) in [6.45, 7) is 8.71. The second kappa shape index (κ2) is 6.63. The lowest BCUT2D eigenvalue weighted by Crippen LogP contribution is -2.29. The molecule has 3 rings (SSSR count). The Hall–Kier alpha value is -1.32. The predicted molar refractivity (Wildman–Crippen MR) is 92.2 cm³/mol. The molecule has 1 aromatic heterocycles. The van der Waals surface area contributed by atoms with Crippen LogP contribution in [0, 0.1) is 6.92 Å². The third kappa shape index (κ3) is 3.30. The summed E-state index contributed by atoms with van der Waals surface area (Å²) >= 11 is 1.90. The highest BCUT2D eigenvalue weighted by Crippen LogP contribution is 2.28. The molecule has 21 heavy (non-hydrogen) atoms. The van der Waals surface area contributed by atoms with Gasteiger partial charge in [0.2, 0.25) is 0 Å². The highest BCUT2D eigenvalue weighted by molar-refractivity contribution is 7.10. The van der Waals surface area contributed by atoms with Crippen molar-refractivity contribution in [3.05, 3.63) is 51.2 Å². The Morgan fingerprint density at radius 2 is 2.19 bits per heavy atom. The van der Waals surface area contributed by atoms with Crippen LogP contribution >= 0.6 is 11.3 Å². The highest BCUT2D eigenvalue weighted by Gasteiger charge is 2.17. The summed E-state index contributed by atoms with van der Waals surface area (Å²) < 4.78 is 0. The van der Waals surface area contributed by atoms with Crippen LogP contribution in [0.4, 0.5) is 5.69 Å². The molecule has 1 aromatic carbocycles. The summed E-state index contributed by atoms with van der Waals surface area (Å²) in [6, 6.07) is 9.20. The molecule has 0 bridgehead atoms. The predicted octanol–water partition coefficient (Wildman–Crippen LogP) is 4.12. The Bertz CT molecular complexity index is 603. The number of thiophene rings is 1. The summed E-state index contributed by atoms with van der Waals surface area (Å²) in [5.74, 6) is 0. The van der Waals surface area contributed by atoms with Crippen LogP contribution < -0.4 is 10.2 Å². The van der Waals surface area contributed by atoms with E-state index in [1.807, 2.05) is 11.3 Å². The van der Waals surface area contributed by atoms with Gasteiger partial charge in [-0.05, 0) is 66.6 Å². The van der Waals surface area contributed by atoms with Crippen LogP contribution in [0.25, 0.3) is 0 Å². The maximum Gasteiger partial charge on any atom is 0.0440 e. The lowest BCUT2D eigenvalue weighted by molar-refractivity contribution is 0.673. The Labute approximate surface area is 131 Å². The van der Waals surface area contributed by atoms with E-state index in [9.17, 15) is 0 Å². The van der Waals surface area contributed by atoms with Crippen molar-refractivity contribution < 1.29 is 0 Å². The Morgan fingerprint density at radius 3 is 3.00 bits per heavy atom. The summed E-state index contributed by atoms with van der Waals surface area (Å²) in [6.07, 6.45) is 2.37. The molecule has 0 fully saturated rings. The Morgan fingerprint density at radius 1 is 1.29 bits per heavy atom. The van der Waals surface area contributed by atoms with Gasteiger partial charge in [0.25, 0.3) is 0 Å². The molecule has 0 atom stereocenters. The minimum absolute atomic E-state index is 0.981. The molecular formula is C18H24N2S. The van der Waals surface area contributed by atoms with Crippen LogP contribution in [-0.2, 0) is 19.5 Å². The van der Waals surface area contributed by atoms with Gasteiger partial charge in [0.05, 0.1) is 0 Å². The number of nitrogens with zero attached hydrogens (tertiary/aromatic N) is 1. The fourth-order valence-corrected chi connectivity index (χ4v) is 3.83. The number of hydrogen-bond acceptors (Lipinski definition) is 3. The quantitative estimate of drug-likeness (QED) is 0.836. The SMILES string of the molecule is CCCNCc1ccc(N2CCc3sccc3C2)cc1C. The standard InChI is InChI=1S/C18H24N2S/c1-3-8-19-12-15-4-5-17(11-14(15)2)20-9-6-18-16(13-20)7-10-21-18/h4-5,7,10-11,19H,3,6,8-9,12-13H2,1-2H3. The molecule has 0 radical (unpaired) electrons. The molecule has 0 unspecified atom stereocenters. The van der Waals surface area contributed by atoms with E-state index in [1.54, 1.807) is 4.88 Å². The van der Waals surface area contributed by atoms with E-state index < -0.39 is 0 Å². The minimum atomic E-state index is 0.981. The van der Waals surface area contributed by atoms with Gasteiger partial charge in [-0.2, -0.15) is 0 Å². The first-order chi connectivity index (χ1) is 10.3. The van der Waals surface area contributed by atoms with E-state index >= 15 is 0 Å². The molecule has 1 N–H and O–H groups in total. The number of aryl methyl sites for hydroxylation is 1. The van der Waals surface area contributed by atoms with Crippen molar-refractivity contribution in [2.75, 3.05) is 18.0 Å². The molecule has 0 saturated carbocycles. The highest BCUT2D eigenvalue weighted by atomic mass is 32.1. The third-order valence-corrected chi connectivity index (χ3v) is 5.26. The molecule has 2 nitrogen and oxygen atoms in total. The molecule has 0 spiro atoms. The van der Waals surface area contributed by atoms with Gasteiger partial charge in [0.1, 0.15) is 0 Å². The van der Waals surface area contributed by atoms with Crippen LogP contribution in [0.2, 0.25) is 0 Å². The average molecular weight is 300 g/mol. The first-order valence-electron chi connectivity index (χ1n) is 7.88. The Kier molecular flexibility index (Phi) is 4.61. The summed E-state index contributed by atoms with van der Waals surface area (Å²) in [5.41, 5.74) is 5.69. The van der Waals surface area contributed by atoms with Crippen LogP contribution in [0.15, 0.2) is 29.6 Å². The number of anilines is 1. The van der Waals surface area contributed by atoms with Gasteiger partial charge in [-0.25, -0.2) is 0 Å². The van der Waals surface area contributed by atoms with Gasteiger partial charge in [0, 0.05) is 30.2 Å². The number of nitrogens with one attached hydrogen (secondary N) is 1. The van der Waals surface area contributed by atoms with E-state index in [0.29, 0.717) is 0 Å². The normalized spacial score (nSPS) is 14.3. The van der Waals surface area contributed by atoms with Gasteiger partial charge in [0.15, 0.2) is 0 Å². The summed E-state index contributed by atoms with van der Waals surface area (Å²) in [7, 11) is 0. The molecule has 1 aliphatic rings.